The fourth-order valence-electron chi connectivity index (χ4n) is 5.46. The molecule has 5 rings (SSSR count). The number of piperidine rings is 1. The van der Waals surface area contributed by atoms with Gasteiger partial charge in [0.25, 0.3) is 17.9 Å². The molecule has 0 saturated carbocycles. The number of hydrogen-bond donors (Lipinski definition) is 1. The first-order valence-corrected chi connectivity index (χ1v) is 12.3. The van der Waals surface area contributed by atoms with Crippen LogP contribution >= 0.6 is 0 Å². The number of hydrogen-bond acceptors (Lipinski definition) is 6. The number of nitrogens with one attached hydrogen (secondary N) is 1. The molecule has 0 aliphatic carbocycles. The van der Waals surface area contributed by atoms with Gasteiger partial charge in [-0.05, 0) is 38.7 Å². The molecule has 1 spiro atoms. The summed E-state index contributed by atoms with van der Waals surface area (Å²) in [6.07, 6.45) is 1.69. The molecule has 2 aliphatic rings. The number of nitrogens with zero attached hydrogens (tertiary/aromatic N) is 4. The molecule has 3 aromatic rings. The Balaban J connectivity index is 1.55. The Morgan fingerprint density at radius 3 is 2.70 bits per heavy atom. The summed E-state index contributed by atoms with van der Waals surface area (Å²) in [7, 11) is 1.53. The quantitative estimate of drug-likeness (QED) is 0.543. The third kappa shape index (κ3) is 4.35. The number of halogens is 3. The van der Waals surface area contributed by atoms with Crippen molar-refractivity contribution in [2.24, 2.45) is 7.05 Å². The number of anilines is 1. The second-order valence-electron chi connectivity index (χ2n) is 9.74. The van der Waals surface area contributed by atoms with E-state index in [-0.39, 0.29) is 28.5 Å². The van der Waals surface area contributed by atoms with Crippen LogP contribution in [-0.2, 0) is 11.8 Å². The van der Waals surface area contributed by atoms with Crippen LogP contribution in [0.5, 0.6) is 0 Å². The third-order valence-corrected chi connectivity index (χ3v) is 7.52. The van der Waals surface area contributed by atoms with E-state index in [1.165, 1.54) is 36.1 Å². The van der Waals surface area contributed by atoms with Gasteiger partial charge in [0.2, 0.25) is 0 Å². The van der Waals surface area contributed by atoms with Crippen molar-refractivity contribution in [2.75, 3.05) is 25.1 Å². The summed E-state index contributed by atoms with van der Waals surface area (Å²) in [5.41, 5.74) is -1.26. The topological polar surface area (TPSA) is 89.4 Å². The van der Waals surface area contributed by atoms with E-state index in [0.717, 1.165) is 31.7 Å². The van der Waals surface area contributed by atoms with Crippen LogP contribution in [0, 0.1) is 5.82 Å². The molecule has 2 fully saturated rings. The zero-order valence-corrected chi connectivity index (χ0v) is 20.6. The SMILES string of the molecule is C[C@@H](Nc1ncnc2c1cc(C(=O)N1CCCCC13CCOC3)c(=O)n2C)c1cccc(C(F)F)c1F. The van der Waals surface area contributed by atoms with Gasteiger partial charge >= 0.3 is 0 Å². The molecule has 37 heavy (non-hydrogen) atoms. The van der Waals surface area contributed by atoms with Crippen LogP contribution in [0.25, 0.3) is 11.0 Å². The Hall–Kier alpha value is -3.47. The Bertz CT molecular complexity index is 1400. The Morgan fingerprint density at radius 2 is 1.97 bits per heavy atom. The minimum Gasteiger partial charge on any atom is -0.379 e. The van der Waals surface area contributed by atoms with Crippen LogP contribution in [-0.4, -0.2) is 50.6 Å². The number of alkyl halides is 2. The molecule has 2 atom stereocenters. The number of carbonyl (C=O) groups excluding carboxylic acids is 1. The Kier molecular flexibility index (Phi) is 6.65. The first kappa shape index (κ1) is 25.2. The van der Waals surface area contributed by atoms with Crippen molar-refractivity contribution < 1.29 is 22.7 Å². The number of pyridine rings is 1. The second kappa shape index (κ2) is 9.77. The van der Waals surface area contributed by atoms with Crippen LogP contribution in [0.2, 0.25) is 0 Å². The van der Waals surface area contributed by atoms with Gasteiger partial charge in [0.1, 0.15) is 29.2 Å². The molecular weight excluding hydrogens is 487 g/mol. The number of carbonyl (C=O) groups is 1. The van der Waals surface area contributed by atoms with Crippen molar-refractivity contribution in [1.82, 2.24) is 19.4 Å². The van der Waals surface area contributed by atoms with E-state index in [0.29, 0.717) is 25.1 Å². The van der Waals surface area contributed by atoms with Gasteiger partial charge in [0.05, 0.1) is 29.1 Å². The minimum absolute atomic E-state index is 0.0143. The summed E-state index contributed by atoms with van der Waals surface area (Å²) < 4.78 is 48.1. The van der Waals surface area contributed by atoms with Gasteiger partial charge in [-0.1, -0.05) is 18.2 Å². The van der Waals surface area contributed by atoms with Gasteiger partial charge < -0.3 is 15.0 Å². The molecule has 0 radical (unpaired) electrons. The standard InChI is InChI=1S/C26H28F3N5O3/c1-15(16-6-5-7-17(20(16)27)21(28)29)32-22-18-12-19(24(35)33(2)23(18)31-14-30-22)25(36)34-10-4-3-8-26(34)9-11-37-13-26/h5-7,12,14-15,21H,3-4,8-11,13H2,1-2H3,(H,30,31,32)/t15-,26?/m1/s1. The summed E-state index contributed by atoms with van der Waals surface area (Å²) in [5.74, 6) is -1.11. The summed E-state index contributed by atoms with van der Waals surface area (Å²) >= 11 is 0. The number of benzene rings is 1. The number of fused-ring (bicyclic) bond motifs is 1. The summed E-state index contributed by atoms with van der Waals surface area (Å²) in [6.45, 7) is 3.18. The zero-order valence-electron chi connectivity index (χ0n) is 20.6. The third-order valence-electron chi connectivity index (χ3n) is 7.52. The molecular formula is C26H28F3N5O3. The van der Waals surface area contributed by atoms with Gasteiger partial charge in [0, 0.05) is 25.8 Å². The fraction of sp³-hybridized carbons (Fsp3) is 0.462. The van der Waals surface area contributed by atoms with Crippen molar-refractivity contribution in [3.63, 3.8) is 0 Å². The normalized spacial score (nSPS) is 20.6. The van der Waals surface area contributed by atoms with E-state index in [2.05, 4.69) is 15.3 Å². The van der Waals surface area contributed by atoms with Crippen molar-refractivity contribution in [1.29, 1.82) is 0 Å². The molecule has 1 unspecified atom stereocenters. The molecule has 196 valence electrons. The highest BCUT2D eigenvalue weighted by Crippen LogP contribution is 2.36. The van der Waals surface area contributed by atoms with Crippen LogP contribution in [0.4, 0.5) is 19.0 Å². The van der Waals surface area contributed by atoms with E-state index >= 15 is 0 Å². The van der Waals surface area contributed by atoms with Gasteiger partial charge in [-0.2, -0.15) is 0 Å². The highest BCUT2D eigenvalue weighted by molar-refractivity contribution is 5.99. The van der Waals surface area contributed by atoms with Crippen LogP contribution in [0.15, 0.2) is 35.4 Å². The number of rotatable bonds is 5. The van der Waals surface area contributed by atoms with E-state index in [4.69, 9.17) is 4.74 Å². The van der Waals surface area contributed by atoms with E-state index in [9.17, 15) is 22.8 Å². The zero-order chi connectivity index (χ0) is 26.3. The molecule has 8 nitrogen and oxygen atoms in total. The lowest BCUT2D eigenvalue weighted by Gasteiger charge is -2.44. The second-order valence-corrected chi connectivity index (χ2v) is 9.74. The Labute approximate surface area is 211 Å². The average Bonchev–Trinajstić information content (AvgIpc) is 3.34. The van der Waals surface area contributed by atoms with Crippen molar-refractivity contribution in [3.05, 3.63) is 63.5 Å². The van der Waals surface area contributed by atoms with Crippen molar-refractivity contribution >= 4 is 22.8 Å². The van der Waals surface area contributed by atoms with Crippen LogP contribution < -0.4 is 10.9 Å². The monoisotopic (exact) mass is 515 g/mol. The maximum atomic E-state index is 14.8. The smallest absolute Gasteiger partial charge is 0.266 e. The van der Waals surface area contributed by atoms with Gasteiger partial charge in [-0.3, -0.25) is 14.2 Å². The van der Waals surface area contributed by atoms with Crippen LogP contribution in [0.3, 0.4) is 0 Å². The fourth-order valence-corrected chi connectivity index (χ4v) is 5.46. The number of ether oxygens (including phenoxy) is 1. The lowest BCUT2D eigenvalue weighted by molar-refractivity contribution is 0.0254. The summed E-state index contributed by atoms with van der Waals surface area (Å²) in [4.78, 5) is 37.3. The minimum atomic E-state index is -2.95. The van der Waals surface area contributed by atoms with Crippen LogP contribution in [0.1, 0.15) is 66.6 Å². The van der Waals surface area contributed by atoms with Crippen molar-refractivity contribution in [2.45, 2.75) is 50.6 Å². The molecule has 0 bridgehead atoms. The number of amides is 1. The summed E-state index contributed by atoms with van der Waals surface area (Å²) in [5, 5.41) is 3.44. The highest BCUT2D eigenvalue weighted by Gasteiger charge is 2.45. The van der Waals surface area contributed by atoms with E-state index in [1.54, 1.807) is 11.8 Å². The predicted molar refractivity (Wildman–Crippen MR) is 131 cm³/mol. The molecule has 2 aliphatic heterocycles. The molecule has 2 aromatic heterocycles. The number of likely N-dealkylation sites (tertiary alicyclic amines) is 1. The van der Waals surface area contributed by atoms with Gasteiger partial charge in [-0.15, -0.1) is 0 Å². The first-order valence-electron chi connectivity index (χ1n) is 12.3. The molecule has 1 amide bonds. The number of aromatic nitrogens is 3. The van der Waals surface area contributed by atoms with Gasteiger partial charge in [0.15, 0.2) is 0 Å². The molecule has 4 heterocycles. The molecule has 2 saturated heterocycles. The van der Waals surface area contributed by atoms with E-state index < -0.39 is 34.9 Å². The van der Waals surface area contributed by atoms with Gasteiger partial charge in [-0.25, -0.2) is 23.1 Å². The molecule has 11 heteroatoms. The number of aryl methyl sites for hydroxylation is 1. The highest BCUT2D eigenvalue weighted by atomic mass is 19.3. The maximum absolute atomic E-state index is 14.8. The predicted octanol–water partition coefficient (Wildman–Crippen LogP) is 4.36. The summed E-state index contributed by atoms with van der Waals surface area (Å²) in [6, 6.07) is 4.57. The first-order chi connectivity index (χ1) is 17.7. The lowest BCUT2D eigenvalue weighted by atomic mass is 9.85. The largest absolute Gasteiger partial charge is 0.379 e. The average molecular weight is 516 g/mol. The van der Waals surface area contributed by atoms with E-state index in [1.807, 2.05) is 0 Å². The maximum Gasteiger partial charge on any atom is 0.266 e. The lowest BCUT2D eigenvalue weighted by Crippen LogP contribution is -2.56. The Morgan fingerprint density at radius 1 is 1.19 bits per heavy atom. The molecule has 1 N–H and O–H groups in total. The van der Waals surface area contributed by atoms with Crippen molar-refractivity contribution in [3.8, 4) is 0 Å². The molecule has 1 aromatic carbocycles.